The van der Waals surface area contributed by atoms with Crippen LogP contribution in [-0.2, 0) is 4.79 Å². The number of ketones is 1. The quantitative estimate of drug-likeness (QED) is 0.605. The second-order valence-corrected chi connectivity index (χ2v) is 6.24. The molecule has 2 rings (SSSR count). The van der Waals surface area contributed by atoms with Crippen LogP contribution in [0.5, 0.6) is 0 Å². The first-order chi connectivity index (χ1) is 9.36. The molecule has 3 nitrogen and oxygen atoms in total. The number of hydrogen-bond donors (Lipinski definition) is 0. The van der Waals surface area contributed by atoms with Crippen molar-refractivity contribution in [3.63, 3.8) is 0 Å². The SMILES string of the molecule is CC(C)C(CBr)CN1C(=O)C(=O)c2cc(Cl)c(F)cc21. The van der Waals surface area contributed by atoms with E-state index in [4.69, 9.17) is 11.6 Å². The Hall–Kier alpha value is -0.940. The molecule has 1 amide bonds. The lowest BCUT2D eigenvalue weighted by Crippen LogP contribution is -2.36. The maximum Gasteiger partial charge on any atom is 0.299 e. The van der Waals surface area contributed by atoms with Crippen LogP contribution >= 0.6 is 27.5 Å². The average molecular weight is 363 g/mol. The van der Waals surface area contributed by atoms with E-state index in [-0.39, 0.29) is 16.5 Å². The molecule has 1 heterocycles. The molecular weight excluding hydrogens is 349 g/mol. The lowest BCUT2D eigenvalue weighted by molar-refractivity contribution is -0.114. The Bertz CT molecular complexity index is 577. The summed E-state index contributed by atoms with van der Waals surface area (Å²) in [7, 11) is 0. The minimum absolute atomic E-state index is 0.146. The zero-order valence-electron chi connectivity index (χ0n) is 11.1. The van der Waals surface area contributed by atoms with Crippen LogP contribution in [0.2, 0.25) is 5.02 Å². The largest absolute Gasteiger partial charge is 0.304 e. The van der Waals surface area contributed by atoms with Crippen molar-refractivity contribution in [2.75, 3.05) is 16.8 Å². The molecule has 0 saturated carbocycles. The van der Waals surface area contributed by atoms with Gasteiger partial charge in [-0.2, -0.15) is 0 Å². The first kappa shape index (κ1) is 15.4. The predicted molar refractivity (Wildman–Crippen MR) is 80.2 cm³/mol. The molecule has 1 unspecified atom stereocenters. The van der Waals surface area contributed by atoms with Gasteiger partial charge in [0.25, 0.3) is 11.7 Å². The Morgan fingerprint density at radius 3 is 2.55 bits per heavy atom. The lowest BCUT2D eigenvalue weighted by atomic mass is 9.97. The molecule has 1 aliphatic rings. The minimum atomic E-state index is -0.627. The molecule has 0 saturated heterocycles. The number of nitrogens with zero attached hydrogens (tertiary/aromatic N) is 1. The number of Topliss-reactive ketones (excluding diaryl/α,β-unsaturated/α-hetero) is 1. The number of amides is 1. The molecule has 1 atom stereocenters. The van der Waals surface area contributed by atoms with Crippen LogP contribution in [-0.4, -0.2) is 23.6 Å². The van der Waals surface area contributed by atoms with E-state index in [0.717, 1.165) is 6.07 Å². The van der Waals surface area contributed by atoms with E-state index in [1.165, 1.54) is 11.0 Å². The molecule has 1 aromatic rings. The Balaban J connectivity index is 2.40. The molecule has 108 valence electrons. The van der Waals surface area contributed by atoms with Crippen LogP contribution in [0.1, 0.15) is 24.2 Å². The summed E-state index contributed by atoms with van der Waals surface area (Å²) in [6.07, 6.45) is 0. The number of carbonyl (C=O) groups is 2. The van der Waals surface area contributed by atoms with Gasteiger partial charge in [0.15, 0.2) is 0 Å². The molecule has 0 radical (unpaired) electrons. The summed E-state index contributed by atoms with van der Waals surface area (Å²) in [5, 5.41) is 0.557. The summed E-state index contributed by atoms with van der Waals surface area (Å²) < 4.78 is 13.6. The van der Waals surface area contributed by atoms with Gasteiger partial charge in [0.05, 0.1) is 16.3 Å². The van der Waals surface area contributed by atoms with Gasteiger partial charge >= 0.3 is 0 Å². The highest BCUT2D eigenvalue weighted by molar-refractivity contribution is 9.09. The second kappa shape index (κ2) is 5.82. The lowest BCUT2D eigenvalue weighted by Gasteiger charge is -2.25. The van der Waals surface area contributed by atoms with Crippen molar-refractivity contribution in [2.45, 2.75) is 13.8 Å². The molecule has 0 aliphatic carbocycles. The molecular formula is C14H14BrClFNO2. The monoisotopic (exact) mass is 361 g/mol. The van der Waals surface area contributed by atoms with Gasteiger partial charge in [-0.15, -0.1) is 0 Å². The second-order valence-electron chi connectivity index (χ2n) is 5.19. The van der Waals surface area contributed by atoms with E-state index >= 15 is 0 Å². The van der Waals surface area contributed by atoms with Gasteiger partial charge in [0.1, 0.15) is 5.82 Å². The van der Waals surface area contributed by atoms with Gasteiger partial charge in [-0.1, -0.05) is 41.4 Å². The fourth-order valence-electron chi connectivity index (χ4n) is 2.14. The van der Waals surface area contributed by atoms with Crippen LogP contribution in [0.25, 0.3) is 0 Å². The Morgan fingerprint density at radius 1 is 1.35 bits per heavy atom. The standard InChI is InChI=1S/C14H14BrClFNO2/c1-7(2)8(5-15)6-18-12-4-11(17)10(16)3-9(12)13(19)14(18)20/h3-4,7-8H,5-6H2,1-2H3. The molecule has 0 N–H and O–H groups in total. The van der Waals surface area contributed by atoms with Crippen LogP contribution in [0.3, 0.4) is 0 Å². The Labute approximate surface area is 130 Å². The van der Waals surface area contributed by atoms with Crippen LogP contribution < -0.4 is 4.90 Å². The highest BCUT2D eigenvalue weighted by Gasteiger charge is 2.38. The minimum Gasteiger partial charge on any atom is -0.304 e. The van der Waals surface area contributed by atoms with Crippen molar-refractivity contribution in [1.29, 1.82) is 0 Å². The number of hydrogen-bond acceptors (Lipinski definition) is 2. The smallest absolute Gasteiger partial charge is 0.299 e. The fraction of sp³-hybridized carbons (Fsp3) is 0.429. The van der Waals surface area contributed by atoms with E-state index in [1.807, 2.05) is 13.8 Å². The van der Waals surface area contributed by atoms with Gasteiger partial charge in [-0.25, -0.2) is 4.39 Å². The topological polar surface area (TPSA) is 37.4 Å². The van der Waals surface area contributed by atoms with Crippen molar-refractivity contribution < 1.29 is 14.0 Å². The zero-order chi connectivity index (χ0) is 15.0. The summed E-state index contributed by atoms with van der Waals surface area (Å²) in [6.45, 7) is 4.46. The zero-order valence-corrected chi connectivity index (χ0v) is 13.5. The molecule has 1 aliphatic heterocycles. The normalized spacial score (nSPS) is 16.0. The highest BCUT2D eigenvalue weighted by atomic mass is 79.9. The third kappa shape index (κ3) is 2.61. The van der Waals surface area contributed by atoms with Gasteiger partial charge in [-0.05, 0) is 24.0 Å². The number of rotatable bonds is 4. The van der Waals surface area contributed by atoms with Gasteiger partial charge in [0.2, 0.25) is 0 Å². The fourth-order valence-corrected chi connectivity index (χ4v) is 3.26. The molecule has 1 aromatic carbocycles. The van der Waals surface area contributed by atoms with Gasteiger partial charge < -0.3 is 4.90 Å². The number of benzene rings is 1. The first-order valence-electron chi connectivity index (χ1n) is 6.28. The molecule has 0 aromatic heterocycles. The van der Waals surface area contributed by atoms with E-state index in [1.54, 1.807) is 0 Å². The number of anilines is 1. The van der Waals surface area contributed by atoms with Crippen molar-refractivity contribution in [3.05, 3.63) is 28.5 Å². The van der Waals surface area contributed by atoms with Crippen molar-refractivity contribution in [2.24, 2.45) is 11.8 Å². The maximum absolute atomic E-state index is 13.6. The molecule has 0 fully saturated rings. The summed E-state index contributed by atoms with van der Waals surface area (Å²) in [6, 6.07) is 2.39. The third-order valence-corrected chi connectivity index (χ3v) is 4.69. The summed E-state index contributed by atoms with van der Waals surface area (Å²) >= 11 is 9.08. The molecule has 0 bridgehead atoms. The molecule has 0 spiro atoms. The van der Waals surface area contributed by atoms with E-state index in [2.05, 4.69) is 15.9 Å². The summed E-state index contributed by atoms with van der Waals surface area (Å²) in [5.41, 5.74) is 0.493. The number of halogens is 3. The van der Waals surface area contributed by atoms with Crippen molar-refractivity contribution in [1.82, 2.24) is 0 Å². The maximum atomic E-state index is 13.6. The molecule has 6 heteroatoms. The first-order valence-corrected chi connectivity index (χ1v) is 7.78. The van der Waals surface area contributed by atoms with Gasteiger partial charge in [0, 0.05) is 11.9 Å². The predicted octanol–water partition coefficient (Wildman–Crippen LogP) is 3.68. The van der Waals surface area contributed by atoms with E-state index < -0.39 is 17.5 Å². The molecule has 20 heavy (non-hydrogen) atoms. The Morgan fingerprint density at radius 2 is 2.00 bits per heavy atom. The van der Waals surface area contributed by atoms with Gasteiger partial charge in [-0.3, -0.25) is 9.59 Å². The van der Waals surface area contributed by atoms with Crippen molar-refractivity contribution >= 4 is 44.9 Å². The van der Waals surface area contributed by atoms with E-state index in [9.17, 15) is 14.0 Å². The van der Waals surface area contributed by atoms with Crippen LogP contribution in [0, 0.1) is 17.7 Å². The Kier molecular flexibility index (Phi) is 4.49. The van der Waals surface area contributed by atoms with Crippen molar-refractivity contribution in [3.8, 4) is 0 Å². The number of fused-ring (bicyclic) bond motifs is 1. The van der Waals surface area contributed by atoms with E-state index in [0.29, 0.717) is 23.5 Å². The third-order valence-electron chi connectivity index (χ3n) is 3.57. The highest BCUT2D eigenvalue weighted by Crippen LogP contribution is 2.34. The number of carbonyl (C=O) groups excluding carboxylic acids is 2. The number of alkyl halides is 1. The van der Waals surface area contributed by atoms with Crippen LogP contribution in [0.15, 0.2) is 12.1 Å². The summed E-state index contributed by atoms with van der Waals surface area (Å²) in [5.74, 6) is -1.36. The summed E-state index contributed by atoms with van der Waals surface area (Å²) in [4.78, 5) is 25.3. The average Bonchev–Trinajstić information content (AvgIpc) is 2.61. The van der Waals surface area contributed by atoms with Crippen LogP contribution in [0.4, 0.5) is 10.1 Å².